The van der Waals surface area contributed by atoms with Gasteiger partial charge in [0.05, 0.1) is 31.4 Å². The van der Waals surface area contributed by atoms with E-state index >= 15 is 0 Å². The van der Waals surface area contributed by atoms with E-state index in [0.717, 1.165) is 25.1 Å². The van der Waals surface area contributed by atoms with Gasteiger partial charge in [-0.2, -0.15) is 0 Å². The Morgan fingerprint density at radius 2 is 1.74 bits per heavy atom. The van der Waals surface area contributed by atoms with E-state index in [-0.39, 0.29) is 11.3 Å². The van der Waals surface area contributed by atoms with E-state index in [2.05, 4.69) is 4.90 Å². The van der Waals surface area contributed by atoms with Crippen molar-refractivity contribution in [1.82, 2.24) is 9.80 Å². The summed E-state index contributed by atoms with van der Waals surface area (Å²) in [5.41, 5.74) is 1.25. The molecule has 4 rings (SSSR count). The van der Waals surface area contributed by atoms with E-state index < -0.39 is 17.7 Å². The van der Waals surface area contributed by atoms with Crippen molar-refractivity contribution in [2.45, 2.75) is 19.4 Å². The quantitative estimate of drug-likeness (QED) is 0.348. The van der Waals surface area contributed by atoms with E-state index in [1.54, 1.807) is 29.2 Å². The predicted octanol–water partition coefficient (Wildman–Crippen LogP) is 3.88. The van der Waals surface area contributed by atoms with Crippen molar-refractivity contribution >= 4 is 29.1 Å². The molecule has 1 amide bonds. The van der Waals surface area contributed by atoms with Crippen LogP contribution in [0.5, 0.6) is 5.75 Å². The minimum Gasteiger partial charge on any atom is -0.507 e. The average molecular weight is 485 g/mol. The molecular weight excluding hydrogens is 456 g/mol. The van der Waals surface area contributed by atoms with Crippen molar-refractivity contribution in [2.75, 3.05) is 46.0 Å². The van der Waals surface area contributed by atoms with Gasteiger partial charge in [0.25, 0.3) is 11.7 Å². The van der Waals surface area contributed by atoms with Crippen LogP contribution in [0.3, 0.4) is 0 Å². The minimum atomic E-state index is -0.697. The molecular formula is C26H29ClN2O5. The first-order valence-corrected chi connectivity index (χ1v) is 11.9. The summed E-state index contributed by atoms with van der Waals surface area (Å²) >= 11 is 5.99. The lowest BCUT2D eigenvalue weighted by Crippen LogP contribution is -2.42. The maximum Gasteiger partial charge on any atom is 0.295 e. The summed E-state index contributed by atoms with van der Waals surface area (Å²) in [7, 11) is 0. The molecule has 2 aromatic rings. The monoisotopic (exact) mass is 484 g/mol. The lowest BCUT2D eigenvalue weighted by atomic mass is 9.95. The van der Waals surface area contributed by atoms with Crippen LogP contribution in [-0.4, -0.2) is 72.6 Å². The van der Waals surface area contributed by atoms with Gasteiger partial charge in [0.15, 0.2) is 0 Å². The highest BCUT2D eigenvalue weighted by molar-refractivity contribution is 6.46. The van der Waals surface area contributed by atoms with E-state index in [9.17, 15) is 14.7 Å². The van der Waals surface area contributed by atoms with Crippen LogP contribution in [0, 0.1) is 0 Å². The van der Waals surface area contributed by atoms with Crippen LogP contribution in [0.25, 0.3) is 5.76 Å². The molecule has 2 fully saturated rings. The SMILES string of the molecule is CCCOc1ccc([C@@H]2/C(=C(\O)c3ccc(Cl)cc3)C(=O)C(=O)N2CCN2CCOCC2)cc1. The molecule has 0 aliphatic carbocycles. The second-order valence-corrected chi connectivity index (χ2v) is 8.81. The van der Waals surface area contributed by atoms with Gasteiger partial charge in [-0.15, -0.1) is 0 Å². The zero-order valence-electron chi connectivity index (χ0n) is 19.2. The Balaban J connectivity index is 1.69. The molecule has 2 aliphatic heterocycles. The molecule has 0 aromatic heterocycles. The number of aliphatic hydroxyl groups excluding tert-OH is 1. The first-order valence-electron chi connectivity index (χ1n) is 11.6. The van der Waals surface area contributed by atoms with Crippen LogP contribution in [0.15, 0.2) is 54.1 Å². The van der Waals surface area contributed by atoms with Crippen molar-refractivity contribution in [3.8, 4) is 5.75 Å². The molecule has 2 aromatic carbocycles. The topological polar surface area (TPSA) is 79.3 Å². The molecule has 0 radical (unpaired) electrons. The number of rotatable bonds is 8. The fourth-order valence-electron chi connectivity index (χ4n) is 4.26. The number of aliphatic hydroxyl groups is 1. The smallest absolute Gasteiger partial charge is 0.295 e. The molecule has 2 saturated heterocycles. The highest BCUT2D eigenvalue weighted by Gasteiger charge is 2.46. The lowest BCUT2D eigenvalue weighted by Gasteiger charge is -2.31. The van der Waals surface area contributed by atoms with E-state index in [0.29, 0.717) is 49.2 Å². The average Bonchev–Trinajstić information content (AvgIpc) is 3.12. The summed E-state index contributed by atoms with van der Waals surface area (Å²) in [5.74, 6) is -0.792. The second-order valence-electron chi connectivity index (χ2n) is 8.37. The first-order chi connectivity index (χ1) is 16.5. The molecule has 7 nitrogen and oxygen atoms in total. The largest absolute Gasteiger partial charge is 0.507 e. The van der Waals surface area contributed by atoms with Crippen LogP contribution in [0.2, 0.25) is 5.02 Å². The summed E-state index contributed by atoms with van der Waals surface area (Å²) in [6, 6.07) is 13.2. The molecule has 0 spiro atoms. The summed E-state index contributed by atoms with van der Waals surface area (Å²) < 4.78 is 11.1. The Hall–Kier alpha value is -2.87. The van der Waals surface area contributed by atoms with Crippen LogP contribution in [-0.2, 0) is 14.3 Å². The molecule has 2 aliphatic rings. The Kier molecular flexibility index (Phi) is 7.88. The molecule has 0 bridgehead atoms. The fourth-order valence-corrected chi connectivity index (χ4v) is 4.39. The zero-order chi connectivity index (χ0) is 24.1. The number of ketones is 1. The number of nitrogens with zero attached hydrogens (tertiary/aromatic N) is 2. The Labute approximate surface area is 204 Å². The number of ether oxygens (including phenoxy) is 2. The maximum atomic E-state index is 13.1. The predicted molar refractivity (Wildman–Crippen MR) is 130 cm³/mol. The molecule has 8 heteroatoms. The maximum absolute atomic E-state index is 13.1. The minimum absolute atomic E-state index is 0.0801. The van der Waals surface area contributed by atoms with Gasteiger partial charge >= 0.3 is 0 Å². The fraction of sp³-hybridized carbons (Fsp3) is 0.385. The Bertz CT molecular complexity index is 1050. The summed E-state index contributed by atoms with van der Waals surface area (Å²) in [4.78, 5) is 30.0. The Morgan fingerprint density at radius 3 is 2.38 bits per heavy atom. The molecule has 0 unspecified atom stereocenters. The van der Waals surface area contributed by atoms with E-state index in [4.69, 9.17) is 21.1 Å². The van der Waals surface area contributed by atoms with Crippen molar-refractivity contribution in [1.29, 1.82) is 0 Å². The van der Waals surface area contributed by atoms with E-state index in [1.165, 1.54) is 0 Å². The van der Waals surface area contributed by atoms with Crippen molar-refractivity contribution in [3.05, 3.63) is 70.3 Å². The first kappa shape index (κ1) is 24.3. The molecule has 180 valence electrons. The molecule has 0 saturated carbocycles. The number of Topliss-reactive ketones (excluding diaryl/α,β-unsaturated/α-hetero) is 1. The summed E-state index contributed by atoms with van der Waals surface area (Å²) in [6.07, 6.45) is 0.893. The van der Waals surface area contributed by atoms with E-state index in [1.807, 2.05) is 31.2 Å². The van der Waals surface area contributed by atoms with Gasteiger partial charge in [-0.3, -0.25) is 14.5 Å². The van der Waals surface area contributed by atoms with Gasteiger partial charge in [-0.1, -0.05) is 30.7 Å². The van der Waals surface area contributed by atoms with Crippen LogP contribution >= 0.6 is 11.6 Å². The number of hydrogen-bond acceptors (Lipinski definition) is 6. The van der Waals surface area contributed by atoms with Gasteiger partial charge in [-0.05, 0) is 48.4 Å². The number of hydrogen-bond donors (Lipinski definition) is 1. The summed E-state index contributed by atoms with van der Waals surface area (Å²) in [5, 5.41) is 11.6. The highest BCUT2D eigenvalue weighted by Crippen LogP contribution is 2.39. The number of halogens is 1. The van der Waals surface area contributed by atoms with Crippen molar-refractivity contribution in [3.63, 3.8) is 0 Å². The highest BCUT2D eigenvalue weighted by atomic mass is 35.5. The number of benzene rings is 2. The number of carbonyl (C=O) groups is 2. The van der Waals surface area contributed by atoms with Gasteiger partial charge in [0.1, 0.15) is 11.5 Å². The van der Waals surface area contributed by atoms with Gasteiger partial charge in [0.2, 0.25) is 0 Å². The van der Waals surface area contributed by atoms with Crippen LogP contribution in [0.4, 0.5) is 0 Å². The molecule has 34 heavy (non-hydrogen) atoms. The third kappa shape index (κ3) is 5.27. The summed E-state index contributed by atoms with van der Waals surface area (Å²) in [6.45, 7) is 6.48. The van der Waals surface area contributed by atoms with Gasteiger partial charge in [0, 0.05) is 36.8 Å². The molecule has 1 N–H and O–H groups in total. The van der Waals surface area contributed by atoms with Gasteiger partial charge in [-0.25, -0.2) is 0 Å². The van der Waals surface area contributed by atoms with Gasteiger partial charge < -0.3 is 19.5 Å². The van der Waals surface area contributed by atoms with Crippen LogP contribution in [0.1, 0.15) is 30.5 Å². The second kappa shape index (κ2) is 11.0. The lowest BCUT2D eigenvalue weighted by molar-refractivity contribution is -0.140. The number of amides is 1. The van der Waals surface area contributed by atoms with Crippen LogP contribution < -0.4 is 4.74 Å². The molecule has 2 heterocycles. The molecule has 1 atom stereocenters. The van der Waals surface area contributed by atoms with Crippen molar-refractivity contribution < 1.29 is 24.2 Å². The third-order valence-electron chi connectivity index (χ3n) is 6.09. The number of carbonyl (C=O) groups excluding carboxylic acids is 2. The zero-order valence-corrected chi connectivity index (χ0v) is 20.0. The number of morpholine rings is 1. The van der Waals surface area contributed by atoms with Crippen molar-refractivity contribution in [2.24, 2.45) is 0 Å². The Morgan fingerprint density at radius 1 is 1.06 bits per heavy atom. The normalized spacial score (nSPS) is 20.6. The number of likely N-dealkylation sites (tertiary alicyclic amines) is 1. The third-order valence-corrected chi connectivity index (χ3v) is 6.34. The standard InChI is InChI=1S/C26H29ClN2O5/c1-2-15-34-21-9-5-18(6-10-21)23-22(24(30)19-3-7-20(27)8-4-19)25(31)26(32)29(23)12-11-28-13-16-33-17-14-28/h3-10,23,30H,2,11-17H2,1H3/b24-22+/t23-/m1/s1.